The van der Waals surface area contributed by atoms with Gasteiger partial charge in [0.2, 0.25) is 11.8 Å². The van der Waals surface area contributed by atoms with Crippen LogP contribution in [0.5, 0.6) is 11.5 Å². The smallest absolute Gasteiger partial charge is 0.245 e. The van der Waals surface area contributed by atoms with E-state index in [-0.39, 0.29) is 11.8 Å². The monoisotopic (exact) mass is 430 g/mol. The molecule has 0 unspecified atom stereocenters. The predicted octanol–water partition coefficient (Wildman–Crippen LogP) is 3.60. The summed E-state index contributed by atoms with van der Waals surface area (Å²) in [6.07, 6.45) is 1.48. The molecule has 1 fully saturated rings. The van der Waals surface area contributed by atoms with Crippen molar-refractivity contribution in [3.05, 3.63) is 58.6 Å². The van der Waals surface area contributed by atoms with Gasteiger partial charge in [-0.05, 0) is 49.1 Å². The van der Waals surface area contributed by atoms with Gasteiger partial charge in [0.05, 0.1) is 14.2 Å². The minimum absolute atomic E-state index is 0.0348. The second-order valence-electron chi connectivity index (χ2n) is 7.54. The molecule has 7 heteroatoms. The van der Waals surface area contributed by atoms with Gasteiger partial charge in [0.25, 0.3) is 0 Å². The summed E-state index contributed by atoms with van der Waals surface area (Å²) < 4.78 is 10.6. The van der Waals surface area contributed by atoms with Crippen LogP contribution >= 0.6 is 11.6 Å². The average molecular weight is 431 g/mol. The lowest BCUT2D eigenvalue weighted by Crippen LogP contribution is -2.54. The predicted molar refractivity (Wildman–Crippen MR) is 116 cm³/mol. The molecule has 30 heavy (non-hydrogen) atoms. The number of methoxy groups -OCH3 is 2. The SMILES string of the molecule is COc1ccc(CCNC(=O)[C@@]2(C)CCC(=O)N2Cc2ccccc2Cl)cc1OC. The first-order valence-electron chi connectivity index (χ1n) is 9.92. The van der Waals surface area contributed by atoms with Gasteiger partial charge in [0.15, 0.2) is 11.5 Å². The van der Waals surface area contributed by atoms with Crippen molar-refractivity contribution in [2.45, 2.75) is 38.3 Å². The lowest BCUT2D eigenvalue weighted by atomic mass is 9.97. The number of amides is 2. The fourth-order valence-corrected chi connectivity index (χ4v) is 3.93. The van der Waals surface area contributed by atoms with Crippen LogP contribution < -0.4 is 14.8 Å². The van der Waals surface area contributed by atoms with E-state index in [1.165, 1.54) is 0 Å². The van der Waals surface area contributed by atoms with Crippen molar-refractivity contribution >= 4 is 23.4 Å². The van der Waals surface area contributed by atoms with Crippen LogP contribution in [0.3, 0.4) is 0 Å². The molecule has 1 heterocycles. The Hall–Kier alpha value is -2.73. The number of hydrogen-bond acceptors (Lipinski definition) is 4. The summed E-state index contributed by atoms with van der Waals surface area (Å²) in [5.41, 5.74) is 0.959. The van der Waals surface area contributed by atoms with Gasteiger partial charge in [0.1, 0.15) is 5.54 Å². The molecule has 0 bridgehead atoms. The van der Waals surface area contributed by atoms with E-state index >= 15 is 0 Å². The van der Waals surface area contributed by atoms with Crippen molar-refractivity contribution < 1.29 is 19.1 Å². The number of likely N-dealkylation sites (tertiary alicyclic amines) is 1. The highest BCUT2D eigenvalue weighted by molar-refractivity contribution is 6.31. The van der Waals surface area contributed by atoms with Crippen LogP contribution in [0.15, 0.2) is 42.5 Å². The van der Waals surface area contributed by atoms with Crippen molar-refractivity contribution in [3.8, 4) is 11.5 Å². The van der Waals surface area contributed by atoms with E-state index in [0.717, 1.165) is 11.1 Å². The molecule has 1 saturated heterocycles. The molecule has 0 aromatic heterocycles. The molecular formula is C23H27ClN2O4. The molecule has 3 rings (SSSR count). The summed E-state index contributed by atoms with van der Waals surface area (Å²) in [6.45, 7) is 2.59. The Morgan fingerprint density at radius 3 is 2.60 bits per heavy atom. The van der Waals surface area contributed by atoms with E-state index in [0.29, 0.717) is 48.9 Å². The highest BCUT2D eigenvalue weighted by Crippen LogP contribution is 2.33. The van der Waals surface area contributed by atoms with Crippen LogP contribution in [0, 0.1) is 0 Å². The molecular weight excluding hydrogens is 404 g/mol. The van der Waals surface area contributed by atoms with Gasteiger partial charge in [0, 0.05) is 24.5 Å². The molecule has 1 aliphatic rings. The first-order valence-corrected chi connectivity index (χ1v) is 10.3. The van der Waals surface area contributed by atoms with Crippen molar-refractivity contribution in [1.82, 2.24) is 10.2 Å². The van der Waals surface area contributed by atoms with E-state index in [9.17, 15) is 9.59 Å². The van der Waals surface area contributed by atoms with Gasteiger partial charge in [-0.2, -0.15) is 0 Å². The number of rotatable bonds is 8. The van der Waals surface area contributed by atoms with Crippen molar-refractivity contribution in [2.75, 3.05) is 20.8 Å². The van der Waals surface area contributed by atoms with Crippen molar-refractivity contribution in [2.24, 2.45) is 0 Å². The Kier molecular flexibility index (Phi) is 6.87. The molecule has 160 valence electrons. The maximum absolute atomic E-state index is 13.0. The first kappa shape index (κ1) is 22.0. The maximum atomic E-state index is 13.0. The van der Waals surface area contributed by atoms with Crippen LogP contribution in [0.2, 0.25) is 5.02 Å². The maximum Gasteiger partial charge on any atom is 0.245 e. The highest BCUT2D eigenvalue weighted by atomic mass is 35.5. The number of carbonyl (C=O) groups is 2. The Morgan fingerprint density at radius 2 is 1.90 bits per heavy atom. The fourth-order valence-electron chi connectivity index (χ4n) is 3.74. The number of halogens is 1. The Balaban J connectivity index is 1.64. The molecule has 0 spiro atoms. The Labute approximate surface area is 182 Å². The molecule has 2 aromatic carbocycles. The fraction of sp³-hybridized carbons (Fsp3) is 0.391. The zero-order chi connectivity index (χ0) is 21.7. The summed E-state index contributed by atoms with van der Waals surface area (Å²) in [5.74, 6) is 1.13. The van der Waals surface area contributed by atoms with E-state index in [2.05, 4.69) is 5.32 Å². The summed E-state index contributed by atoms with van der Waals surface area (Å²) in [4.78, 5) is 27.2. The normalized spacial score (nSPS) is 18.4. The largest absolute Gasteiger partial charge is 0.493 e. The number of nitrogens with one attached hydrogen (secondary N) is 1. The number of carbonyl (C=O) groups excluding carboxylic acids is 2. The molecule has 1 atom stereocenters. The van der Waals surface area contributed by atoms with E-state index in [4.69, 9.17) is 21.1 Å². The van der Waals surface area contributed by atoms with Crippen LogP contribution in [0.4, 0.5) is 0 Å². The van der Waals surface area contributed by atoms with E-state index < -0.39 is 5.54 Å². The Morgan fingerprint density at radius 1 is 1.17 bits per heavy atom. The van der Waals surface area contributed by atoms with Crippen LogP contribution in [-0.4, -0.2) is 43.0 Å². The topological polar surface area (TPSA) is 67.9 Å². The highest BCUT2D eigenvalue weighted by Gasteiger charge is 2.47. The number of benzene rings is 2. The molecule has 0 radical (unpaired) electrons. The zero-order valence-corrected chi connectivity index (χ0v) is 18.3. The molecule has 0 aliphatic carbocycles. The lowest BCUT2D eigenvalue weighted by molar-refractivity contribution is -0.141. The van der Waals surface area contributed by atoms with E-state index in [1.807, 2.05) is 43.3 Å². The molecule has 0 saturated carbocycles. The minimum atomic E-state index is -0.895. The van der Waals surface area contributed by atoms with Gasteiger partial charge in [-0.1, -0.05) is 35.9 Å². The quantitative estimate of drug-likeness (QED) is 0.694. The van der Waals surface area contributed by atoms with Gasteiger partial charge < -0.3 is 19.7 Å². The summed E-state index contributed by atoms with van der Waals surface area (Å²) in [5, 5.41) is 3.58. The average Bonchev–Trinajstić information content (AvgIpc) is 3.04. The zero-order valence-electron chi connectivity index (χ0n) is 17.5. The molecule has 1 N–H and O–H groups in total. The van der Waals surface area contributed by atoms with Gasteiger partial charge in [-0.3, -0.25) is 9.59 Å². The summed E-state index contributed by atoms with van der Waals surface area (Å²) >= 11 is 6.26. The van der Waals surface area contributed by atoms with Gasteiger partial charge in [-0.25, -0.2) is 0 Å². The summed E-state index contributed by atoms with van der Waals surface area (Å²) in [7, 11) is 3.19. The van der Waals surface area contributed by atoms with Crippen molar-refractivity contribution in [1.29, 1.82) is 0 Å². The lowest BCUT2D eigenvalue weighted by Gasteiger charge is -2.34. The summed E-state index contributed by atoms with van der Waals surface area (Å²) in [6, 6.07) is 13.1. The Bertz CT molecular complexity index is 933. The number of nitrogens with zero attached hydrogens (tertiary/aromatic N) is 1. The number of hydrogen-bond donors (Lipinski definition) is 1. The van der Waals surface area contributed by atoms with Gasteiger partial charge >= 0.3 is 0 Å². The third-order valence-corrected chi connectivity index (χ3v) is 6.01. The number of ether oxygens (including phenoxy) is 2. The second kappa shape index (κ2) is 9.39. The van der Waals surface area contributed by atoms with E-state index in [1.54, 1.807) is 25.2 Å². The van der Waals surface area contributed by atoms with Gasteiger partial charge in [-0.15, -0.1) is 0 Å². The first-order chi connectivity index (χ1) is 14.4. The standard InChI is InChI=1S/C23H27ClN2O4/c1-23(12-10-21(27)26(23)15-17-6-4-5-7-18(17)24)22(28)25-13-11-16-8-9-19(29-2)20(14-16)30-3/h4-9,14H,10-13,15H2,1-3H3,(H,25,28)/t23-/m1/s1. The van der Waals surface area contributed by atoms with Crippen LogP contribution in [0.1, 0.15) is 30.9 Å². The molecule has 1 aliphatic heterocycles. The van der Waals surface area contributed by atoms with Crippen molar-refractivity contribution in [3.63, 3.8) is 0 Å². The van der Waals surface area contributed by atoms with Crippen LogP contribution in [0.25, 0.3) is 0 Å². The minimum Gasteiger partial charge on any atom is -0.493 e. The van der Waals surface area contributed by atoms with Crippen LogP contribution in [-0.2, 0) is 22.6 Å². The second-order valence-corrected chi connectivity index (χ2v) is 7.95. The third-order valence-electron chi connectivity index (χ3n) is 5.65. The third kappa shape index (κ3) is 4.54. The molecule has 2 amide bonds. The molecule has 2 aromatic rings. The molecule has 6 nitrogen and oxygen atoms in total.